The van der Waals surface area contributed by atoms with E-state index in [1.807, 2.05) is 24.3 Å². The molecule has 0 radical (unpaired) electrons. The van der Waals surface area contributed by atoms with Gasteiger partial charge in [0.2, 0.25) is 0 Å². The number of rotatable bonds is 8. The zero-order chi connectivity index (χ0) is 35.6. The van der Waals surface area contributed by atoms with Crippen LogP contribution in [-0.4, -0.2) is 34.0 Å². The number of hydrogen-bond acceptors (Lipinski definition) is 7. The second kappa shape index (κ2) is 14.2. The van der Waals surface area contributed by atoms with Crippen LogP contribution in [-0.2, 0) is 0 Å². The number of pyridine rings is 2. The van der Waals surface area contributed by atoms with Crippen LogP contribution in [0.15, 0.2) is 180 Å². The van der Waals surface area contributed by atoms with Gasteiger partial charge in [-0.2, -0.15) is 0 Å². The summed E-state index contributed by atoms with van der Waals surface area (Å²) in [6.07, 6.45) is 15.8. The zero-order valence-corrected chi connectivity index (χ0v) is 29.5. The van der Waals surface area contributed by atoms with Gasteiger partial charge in [-0.15, -0.1) is 0 Å². The number of benzene rings is 4. The van der Waals surface area contributed by atoms with Crippen molar-refractivity contribution >= 4 is 28.7 Å². The third-order valence-electron chi connectivity index (χ3n) is 10.2. The SMILES string of the molecule is CCC1Nc2ccccc2N1c1cccc(-c2cccc(-c3cccc(C4C=C(C5N=C(c6ccncc6)N=C(c6ccncc6)N5)C=CC4)c3)c2)c1. The Kier molecular flexibility index (Phi) is 8.66. The summed E-state index contributed by atoms with van der Waals surface area (Å²) in [6.45, 7) is 2.23. The normalized spacial score (nSPS) is 19.0. The Hall–Kier alpha value is -6.60. The van der Waals surface area contributed by atoms with Gasteiger partial charge >= 0.3 is 0 Å². The number of nitrogens with zero attached hydrogens (tertiary/aromatic N) is 5. The molecule has 0 saturated carbocycles. The van der Waals surface area contributed by atoms with Crippen molar-refractivity contribution in [1.29, 1.82) is 0 Å². The van der Waals surface area contributed by atoms with Gasteiger partial charge in [0, 0.05) is 47.5 Å². The van der Waals surface area contributed by atoms with Gasteiger partial charge in [-0.05, 0) is 101 Å². The summed E-state index contributed by atoms with van der Waals surface area (Å²) >= 11 is 0. The van der Waals surface area contributed by atoms with Crippen LogP contribution in [0.5, 0.6) is 0 Å². The van der Waals surface area contributed by atoms with Crippen LogP contribution < -0.4 is 15.5 Å². The Morgan fingerprint density at radius 2 is 1.34 bits per heavy atom. The molecule has 53 heavy (non-hydrogen) atoms. The third kappa shape index (κ3) is 6.53. The third-order valence-corrected chi connectivity index (χ3v) is 10.2. The second-order valence-corrected chi connectivity index (χ2v) is 13.6. The van der Waals surface area contributed by atoms with Crippen LogP contribution in [0.1, 0.15) is 42.4 Å². The molecule has 0 amide bonds. The minimum atomic E-state index is -0.286. The molecule has 2 aromatic heterocycles. The van der Waals surface area contributed by atoms with Crippen molar-refractivity contribution in [2.75, 3.05) is 10.2 Å². The molecule has 3 atom stereocenters. The molecule has 2 N–H and O–H groups in total. The first kappa shape index (κ1) is 32.3. The topological polar surface area (TPSA) is 77.8 Å². The first-order valence-corrected chi connectivity index (χ1v) is 18.3. The van der Waals surface area contributed by atoms with Gasteiger partial charge in [-0.3, -0.25) is 9.97 Å². The first-order valence-electron chi connectivity index (χ1n) is 18.3. The molecular formula is C46H39N7. The maximum absolute atomic E-state index is 5.08. The summed E-state index contributed by atoms with van der Waals surface area (Å²) in [5, 5.41) is 7.29. The maximum atomic E-state index is 5.08. The highest BCUT2D eigenvalue weighted by Crippen LogP contribution is 2.42. The molecule has 258 valence electrons. The van der Waals surface area contributed by atoms with Gasteiger partial charge in [-0.1, -0.05) is 91.9 Å². The van der Waals surface area contributed by atoms with E-state index < -0.39 is 0 Å². The van der Waals surface area contributed by atoms with Crippen LogP contribution >= 0.6 is 0 Å². The zero-order valence-electron chi connectivity index (χ0n) is 29.5. The summed E-state index contributed by atoms with van der Waals surface area (Å²) in [7, 11) is 0. The maximum Gasteiger partial charge on any atom is 0.159 e. The number of hydrogen-bond donors (Lipinski definition) is 2. The van der Waals surface area contributed by atoms with Crippen LogP contribution in [0.25, 0.3) is 22.3 Å². The summed E-state index contributed by atoms with van der Waals surface area (Å²) < 4.78 is 0. The van der Waals surface area contributed by atoms with E-state index in [4.69, 9.17) is 9.98 Å². The van der Waals surface area contributed by atoms with E-state index in [-0.39, 0.29) is 18.2 Å². The van der Waals surface area contributed by atoms with Crippen molar-refractivity contribution < 1.29 is 0 Å². The lowest BCUT2D eigenvalue weighted by molar-refractivity contribution is 0.708. The molecular weight excluding hydrogens is 651 g/mol. The van der Waals surface area contributed by atoms with Crippen LogP contribution in [0.2, 0.25) is 0 Å². The summed E-state index contributed by atoms with van der Waals surface area (Å²) in [6, 6.07) is 43.2. The molecule has 0 bridgehead atoms. The molecule has 3 unspecified atom stereocenters. The number of amidine groups is 2. The van der Waals surface area contributed by atoms with E-state index in [2.05, 4.69) is 148 Å². The van der Waals surface area contributed by atoms with Crippen molar-refractivity contribution in [2.45, 2.75) is 38.0 Å². The number of para-hydroxylation sites is 2. The molecule has 7 nitrogen and oxygen atoms in total. The minimum Gasteiger partial charge on any atom is -0.363 e. The fourth-order valence-corrected chi connectivity index (χ4v) is 7.51. The molecule has 1 aliphatic carbocycles. The van der Waals surface area contributed by atoms with Gasteiger partial charge in [-0.25, -0.2) is 9.98 Å². The predicted molar refractivity (Wildman–Crippen MR) is 217 cm³/mol. The molecule has 7 heteroatoms. The predicted octanol–water partition coefficient (Wildman–Crippen LogP) is 9.90. The lowest BCUT2D eigenvalue weighted by Crippen LogP contribution is -2.40. The Bertz CT molecular complexity index is 2400. The molecule has 4 aromatic carbocycles. The molecule has 0 saturated heterocycles. The highest BCUT2D eigenvalue weighted by molar-refractivity contribution is 6.13. The van der Waals surface area contributed by atoms with Crippen LogP contribution in [0.3, 0.4) is 0 Å². The van der Waals surface area contributed by atoms with E-state index in [1.54, 1.807) is 24.8 Å². The van der Waals surface area contributed by atoms with Crippen molar-refractivity contribution in [3.05, 3.63) is 187 Å². The fraction of sp³-hybridized carbons (Fsp3) is 0.130. The van der Waals surface area contributed by atoms with E-state index >= 15 is 0 Å². The average molecular weight is 690 g/mol. The number of allylic oxidation sites excluding steroid dienone is 2. The second-order valence-electron chi connectivity index (χ2n) is 13.6. The summed E-state index contributed by atoms with van der Waals surface area (Å²) in [5.74, 6) is 1.66. The van der Waals surface area contributed by atoms with Gasteiger partial charge < -0.3 is 15.5 Å². The number of nitrogens with one attached hydrogen (secondary N) is 2. The highest BCUT2D eigenvalue weighted by Gasteiger charge is 2.28. The van der Waals surface area contributed by atoms with Gasteiger partial charge in [0.1, 0.15) is 18.2 Å². The van der Waals surface area contributed by atoms with E-state index in [0.717, 1.165) is 35.4 Å². The average Bonchev–Trinajstić information content (AvgIpc) is 3.63. The van der Waals surface area contributed by atoms with Crippen LogP contribution in [0, 0.1) is 0 Å². The van der Waals surface area contributed by atoms with Crippen molar-refractivity contribution in [3.63, 3.8) is 0 Å². The van der Waals surface area contributed by atoms with Gasteiger partial charge in [0.15, 0.2) is 5.84 Å². The van der Waals surface area contributed by atoms with E-state index in [0.29, 0.717) is 5.84 Å². The molecule has 6 aromatic rings. The molecule has 2 aliphatic heterocycles. The number of aliphatic imine (C=N–C) groups is 2. The Morgan fingerprint density at radius 1 is 0.660 bits per heavy atom. The summed E-state index contributed by atoms with van der Waals surface area (Å²) in [4.78, 5) is 20.8. The lowest BCUT2D eigenvalue weighted by Gasteiger charge is -2.27. The lowest BCUT2D eigenvalue weighted by atomic mass is 9.87. The quantitative estimate of drug-likeness (QED) is 0.166. The molecule has 3 aliphatic rings. The van der Waals surface area contributed by atoms with E-state index in [1.165, 1.54) is 44.9 Å². The van der Waals surface area contributed by atoms with Crippen molar-refractivity contribution in [3.8, 4) is 22.3 Å². The Labute approximate surface area is 310 Å². The van der Waals surface area contributed by atoms with Gasteiger partial charge in [0.05, 0.1) is 11.4 Å². The van der Waals surface area contributed by atoms with Crippen molar-refractivity contribution in [1.82, 2.24) is 15.3 Å². The number of aromatic nitrogens is 2. The molecule has 9 rings (SSSR count). The van der Waals surface area contributed by atoms with Gasteiger partial charge in [0.25, 0.3) is 0 Å². The Morgan fingerprint density at radius 3 is 2.11 bits per heavy atom. The van der Waals surface area contributed by atoms with Crippen molar-refractivity contribution in [2.24, 2.45) is 9.98 Å². The monoisotopic (exact) mass is 689 g/mol. The molecule has 0 spiro atoms. The largest absolute Gasteiger partial charge is 0.363 e. The fourth-order valence-electron chi connectivity index (χ4n) is 7.51. The van der Waals surface area contributed by atoms with E-state index in [9.17, 15) is 0 Å². The minimum absolute atomic E-state index is 0.211. The number of anilines is 3. The summed E-state index contributed by atoms with van der Waals surface area (Å²) in [5.41, 5.74) is 12.7. The number of fused-ring (bicyclic) bond motifs is 1. The Balaban J connectivity index is 0.995. The molecule has 4 heterocycles. The smallest absolute Gasteiger partial charge is 0.159 e. The van der Waals surface area contributed by atoms with Crippen LogP contribution in [0.4, 0.5) is 17.1 Å². The first-order chi connectivity index (χ1) is 26.2. The molecule has 0 fully saturated rings. The highest BCUT2D eigenvalue weighted by atomic mass is 15.3. The standard InChI is InChI=1S/C46H39N7/c1-2-43-49-41-17-3-4-18-42(41)53(43)40-16-8-14-38(30-40)36-12-6-10-34(28-36)33-9-5-11-35(27-33)37-13-7-15-39(29-37)46-51-44(31-19-23-47-24-20-31)50-45(52-46)32-21-25-48-26-22-32/h3-12,14-30,37,43,46,49H,2,13H2,1H3,(H,50,51,52).